The van der Waals surface area contributed by atoms with Gasteiger partial charge >= 0.3 is 17.9 Å². The Labute approximate surface area is 438 Å². The molecule has 1 atom stereocenters. The molecule has 0 spiro atoms. The zero-order chi connectivity index (χ0) is 51.4. The van der Waals surface area contributed by atoms with Gasteiger partial charge in [-0.25, -0.2) is 0 Å². The Balaban J connectivity index is 4.47. The summed E-state index contributed by atoms with van der Waals surface area (Å²) in [5, 5.41) is 0. The minimum atomic E-state index is -0.800. The van der Waals surface area contributed by atoms with Crippen molar-refractivity contribution in [2.45, 2.75) is 284 Å². The lowest BCUT2D eigenvalue weighted by molar-refractivity contribution is -0.167. The van der Waals surface area contributed by atoms with Crippen LogP contribution >= 0.6 is 0 Å². The molecule has 0 saturated heterocycles. The van der Waals surface area contributed by atoms with E-state index in [1.807, 2.05) is 0 Å². The standard InChI is InChI=1S/C65H110O6/c1-4-7-10-13-16-19-22-25-28-30-32-33-34-36-37-40-43-46-49-52-55-58-64(67)70-61-62(60-69-63(66)57-54-51-48-45-42-39-27-24-21-18-15-12-9-6-3)71-65(68)59-56-53-50-47-44-41-38-35-31-29-26-23-20-17-14-11-8-5-2/h7,10,16,19-20,23,25,28-29,31-33,36-37,43,46,62H,4-6,8-9,11-15,17-18,21-22,24,26-27,30,34-35,38-42,44-45,47-61H2,1-3H3/b10-7-,19-16-,23-20-,28-25-,31-29-,33-32-,37-36-,46-43-. The van der Waals surface area contributed by atoms with Crippen LogP contribution in [-0.4, -0.2) is 37.2 Å². The first kappa shape index (κ1) is 67.3. The van der Waals surface area contributed by atoms with Crippen LogP contribution in [-0.2, 0) is 28.6 Å². The summed E-state index contributed by atoms with van der Waals surface area (Å²) < 4.78 is 16.9. The van der Waals surface area contributed by atoms with E-state index in [9.17, 15) is 14.4 Å². The molecule has 6 nitrogen and oxygen atoms in total. The van der Waals surface area contributed by atoms with Crippen molar-refractivity contribution >= 4 is 17.9 Å². The fraction of sp³-hybridized carbons (Fsp3) is 0.708. The van der Waals surface area contributed by atoms with E-state index >= 15 is 0 Å². The van der Waals surface area contributed by atoms with Crippen LogP contribution in [0.3, 0.4) is 0 Å². The molecule has 0 aromatic carbocycles. The van der Waals surface area contributed by atoms with Gasteiger partial charge < -0.3 is 14.2 Å². The lowest BCUT2D eigenvalue weighted by atomic mass is 10.0. The topological polar surface area (TPSA) is 78.9 Å². The Bertz CT molecular complexity index is 1410. The predicted molar refractivity (Wildman–Crippen MR) is 307 cm³/mol. The third-order valence-corrected chi connectivity index (χ3v) is 12.6. The average Bonchev–Trinajstić information content (AvgIpc) is 3.37. The van der Waals surface area contributed by atoms with E-state index in [2.05, 4.69) is 118 Å². The molecule has 1 unspecified atom stereocenters. The van der Waals surface area contributed by atoms with Gasteiger partial charge in [0.05, 0.1) is 0 Å². The third-order valence-electron chi connectivity index (χ3n) is 12.6. The zero-order valence-corrected chi connectivity index (χ0v) is 46.5. The molecule has 71 heavy (non-hydrogen) atoms. The lowest BCUT2D eigenvalue weighted by Gasteiger charge is -2.18. The van der Waals surface area contributed by atoms with Crippen LogP contribution in [0.4, 0.5) is 0 Å². The number of carbonyl (C=O) groups excluding carboxylic acids is 3. The Kier molecular flexibility index (Phi) is 55.9. The first-order valence-electron chi connectivity index (χ1n) is 29.7. The summed E-state index contributed by atoms with van der Waals surface area (Å²) in [6.07, 6.45) is 78.2. The number of rotatable bonds is 53. The highest BCUT2D eigenvalue weighted by Gasteiger charge is 2.19. The van der Waals surface area contributed by atoms with Crippen molar-refractivity contribution in [2.75, 3.05) is 13.2 Å². The molecule has 0 aromatic rings. The van der Waals surface area contributed by atoms with Crippen LogP contribution in [0.5, 0.6) is 0 Å². The van der Waals surface area contributed by atoms with Crippen molar-refractivity contribution in [3.05, 3.63) is 97.2 Å². The van der Waals surface area contributed by atoms with E-state index < -0.39 is 6.10 Å². The molecule has 0 aliphatic carbocycles. The molecule has 0 rings (SSSR count). The Morgan fingerprint density at radius 2 is 0.549 bits per heavy atom. The van der Waals surface area contributed by atoms with E-state index in [-0.39, 0.29) is 31.1 Å². The summed E-state index contributed by atoms with van der Waals surface area (Å²) in [6, 6.07) is 0. The highest BCUT2D eigenvalue weighted by atomic mass is 16.6. The molecule has 0 fully saturated rings. The summed E-state index contributed by atoms with van der Waals surface area (Å²) in [7, 11) is 0. The lowest BCUT2D eigenvalue weighted by Crippen LogP contribution is -2.30. The number of ether oxygens (including phenoxy) is 3. The van der Waals surface area contributed by atoms with E-state index in [0.29, 0.717) is 19.3 Å². The molecule has 0 amide bonds. The molecule has 0 aliphatic rings. The van der Waals surface area contributed by atoms with E-state index in [1.54, 1.807) is 0 Å². The van der Waals surface area contributed by atoms with Crippen LogP contribution in [0, 0.1) is 0 Å². The highest BCUT2D eigenvalue weighted by Crippen LogP contribution is 2.15. The molecule has 0 N–H and O–H groups in total. The van der Waals surface area contributed by atoms with Crippen molar-refractivity contribution in [2.24, 2.45) is 0 Å². The summed E-state index contributed by atoms with van der Waals surface area (Å²) in [4.78, 5) is 38.2. The van der Waals surface area contributed by atoms with Crippen LogP contribution in [0.15, 0.2) is 97.2 Å². The zero-order valence-electron chi connectivity index (χ0n) is 46.5. The van der Waals surface area contributed by atoms with Gasteiger partial charge in [-0.2, -0.15) is 0 Å². The van der Waals surface area contributed by atoms with Gasteiger partial charge in [-0.15, -0.1) is 0 Å². The van der Waals surface area contributed by atoms with Crippen molar-refractivity contribution < 1.29 is 28.6 Å². The second kappa shape index (κ2) is 58.9. The number of esters is 3. The van der Waals surface area contributed by atoms with Gasteiger partial charge in [0.1, 0.15) is 13.2 Å². The molecular weight excluding hydrogens is 877 g/mol. The third kappa shape index (κ3) is 57.1. The molecular formula is C65H110O6. The van der Waals surface area contributed by atoms with Crippen LogP contribution in [0.25, 0.3) is 0 Å². The monoisotopic (exact) mass is 987 g/mol. The maximum absolute atomic E-state index is 12.9. The minimum absolute atomic E-state index is 0.0931. The maximum Gasteiger partial charge on any atom is 0.306 e. The summed E-state index contributed by atoms with van der Waals surface area (Å²) in [6.45, 7) is 6.48. The molecule has 0 saturated carbocycles. The minimum Gasteiger partial charge on any atom is -0.462 e. The summed E-state index contributed by atoms with van der Waals surface area (Å²) in [5.41, 5.74) is 0. The first-order chi connectivity index (χ1) is 35.0. The Morgan fingerprint density at radius 3 is 0.901 bits per heavy atom. The molecule has 0 aliphatic heterocycles. The van der Waals surface area contributed by atoms with E-state index in [4.69, 9.17) is 14.2 Å². The first-order valence-corrected chi connectivity index (χ1v) is 29.7. The maximum atomic E-state index is 12.9. The van der Waals surface area contributed by atoms with Crippen LogP contribution < -0.4 is 0 Å². The van der Waals surface area contributed by atoms with Gasteiger partial charge in [0.2, 0.25) is 0 Å². The van der Waals surface area contributed by atoms with Gasteiger partial charge in [0, 0.05) is 19.3 Å². The van der Waals surface area contributed by atoms with Gasteiger partial charge in [-0.05, 0) is 103 Å². The SMILES string of the molecule is CC/C=C\C/C=C\C/C=C\C/C=C\C/C=C\C/C=C\CCCCC(=O)OCC(COC(=O)CCCCCCCCCCCCCCCC)OC(=O)CCCCCCCCC/C=C\C/C=C\CCCCCC. The number of unbranched alkanes of at least 4 members (excludes halogenated alkanes) is 26. The molecule has 0 aromatic heterocycles. The number of carbonyl (C=O) groups is 3. The van der Waals surface area contributed by atoms with Crippen LogP contribution in [0.2, 0.25) is 0 Å². The molecule has 0 heterocycles. The second-order valence-electron chi connectivity index (χ2n) is 19.5. The van der Waals surface area contributed by atoms with Crippen molar-refractivity contribution in [3.63, 3.8) is 0 Å². The van der Waals surface area contributed by atoms with Gasteiger partial charge in [0.15, 0.2) is 6.10 Å². The number of hydrogen-bond donors (Lipinski definition) is 0. The molecule has 0 bridgehead atoms. The van der Waals surface area contributed by atoms with E-state index in [1.165, 1.54) is 128 Å². The van der Waals surface area contributed by atoms with Crippen LogP contribution in [0.1, 0.15) is 278 Å². The van der Waals surface area contributed by atoms with Crippen molar-refractivity contribution in [1.82, 2.24) is 0 Å². The predicted octanol–water partition coefficient (Wildman–Crippen LogP) is 20.1. The van der Waals surface area contributed by atoms with Crippen molar-refractivity contribution in [1.29, 1.82) is 0 Å². The quantitative estimate of drug-likeness (QED) is 0.0261. The normalized spacial score (nSPS) is 12.8. The van der Waals surface area contributed by atoms with E-state index in [0.717, 1.165) is 109 Å². The second-order valence-corrected chi connectivity index (χ2v) is 19.5. The van der Waals surface area contributed by atoms with Crippen molar-refractivity contribution in [3.8, 4) is 0 Å². The number of allylic oxidation sites excluding steroid dienone is 16. The highest BCUT2D eigenvalue weighted by molar-refractivity contribution is 5.71. The average molecular weight is 988 g/mol. The molecule has 0 radical (unpaired) electrons. The Morgan fingerprint density at radius 1 is 0.296 bits per heavy atom. The smallest absolute Gasteiger partial charge is 0.306 e. The fourth-order valence-corrected chi connectivity index (χ4v) is 8.12. The molecule has 406 valence electrons. The van der Waals surface area contributed by atoms with Gasteiger partial charge in [0.25, 0.3) is 0 Å². The summed E-state index contributed by atoms with van der Waals surface area (Å²) >= 11 is 0. The van der Waals surface area contributed by atoms with Gasteiger partial charge in [-0.3, -0.25) is 14.4 Å². The van der Waals surface area contributed by atoms with Gasteiger partial charge in [-0.1, -0.05) is 253 Å². The Hall–Kier alpha value is -3.67. The molecule has 6 heteroatoms. The number of hydrogen-bond acceptors (Lipinski definition) is 6. The fourth-order valence-electron chi connectivity index (χ4n) is 8.12. The largest absolute Gasteiger partial charge is 0.462 e. The summed E-state index contributed by atoms with van der Waals surface area (Å²) in [5.74, 6) is -0.940.